The number of hydrogen-bond acceptors (Lipinski definition) is 3. The SMILES string of the molecule is Oc1ccc2c(c1)OC1(CCCCC1)O2. The van der Waals surface area contributed by atoms with Gasteiger partial charge in [-0.1, -0.05) is 6.42 Å². The molecule has 0 radical (unpaired) electrons. The van der Waals surface area contributed by atoms with E-state index in [0.717, 1.165) is 31.4 Å². The molecule has 80 valence electrons. The molecule has 1 aliphatic carbocycles. The van der Waals surface area contributed by atoms with E-state index in [4.69, 9.17) is 9.47 Å². The fourth-order valence-corrected chi connectivity index (χ4v) is 2.38. The molecule has 1 spiro atoms. The molecule has 0 bridgehead atoms. The Bertz CT molecular complexity index is 380. The van der Waals surface area contributed by atoms with Crippen LogP contribution in [0.5, 0.6) is 17.2 Å². The third-order valence-electron chi connectivity index (χ3n) is 3.13. The van der Waals surface area contributed by atoms with E-state index in [1.165, 1.54) is 6.42 Å². The summed E-state index contributed by atoms with van der Waals surface area (Å²) in [6.07, 6.45) is 5.46. The molecule has 1 aromatic carbocycles. The van der Waals surface area contributed by atoms with E-state index < -0.39 is 5.79 Å². The van der Waals surface area contributed by atoms with Gasteiger partial charge in [0.1, 0.15) is 5.75 Å². The lowest BCUT2D eigenvalue weighted by Gasteiger charge is -2.31. The van der Waals surface area contributed by atoms with Crippen molar-refractivity contribution in [2.45, 2.75) is 37.9 Å². The Hall–Kier alpha value is -1.38. The van der Waals surface area contributed by atoms with E-state index >= 15 is 0 Å². The van der Waals surface area contributed by atoms with Crippen LogP contribution >= 0.6 is 0 Å². The van der Waals surface area contributed by atoms with Gasteiger partial charge in [-0.25, -0.2) is 0 Å². The van der Waals surface area contributed by atoms with Gasteiger partial charge in [-0.15, -0.1) is 0 Å². The fraction of sp³-hybridized carbons (Fsp3) is 0.500. The number of phenolic OH excluding ortho intramolecular Hbond substituents is 1. The smallest absolute Gasteiger partial charge is 0.251 e. The van der Waals surface area contributed by atoms with Crippen LogP contribution in [0.4, 0.5) is 0 Å². The van der Waals surface area contributed by atoms with Crippen molar-refractivity contribution in [3.63, 3.8) is 0 Å². The van der Waals surface area contributed by atoms with Crippen molar-refractivity contribution in [1.82, 2.24) is 0 Å². The third-order valence-corrected chi connectivity index (χ3v) is 3.13. The summed E-state index contributed by atoms with van der Waals surface area (Å²) in [6.45, 7) is 0. The summed E-state index contributed by atoms with van der Waals surface area (Å²) in [5, 5.41) is 9.35. The molecule has 1 N–H and O–H groups in total. The van der Waals surface area contributed by atoms with Crippen LogP contribution in [0, 0.1) is 0 Å². The van der Waals surface area contributed by atoms with Crippen molar-refractivity contribution in [2.24, 2.45) is 0 Å². The van der Waals surface area contributed by atoms with Crippen LogP contribution in [0.25, 0.3) is 0 Å². The number of aromatic hydroxyl groups is 1. The first kappa shape index (κ1) is 8.89. The quantitative estimate of drug-likeness (QED) is 0.709. The van der Waals surface area contributed by atoms with E-state index in [9.17, 15) is 5.11 Å². The van der Waals surface area contributed by atoms with Gasteiger partial charge in [0, 0.05) is 18.9 Å². The first-order valence-corrected chi connectivity index (χ1v) is 5.49. The molecule has 1 heterocycles. The molecule has 1 saturated carbocycles. The van der Waals surface area contributed by atoms with E-state index in [1.54, 1.807) is 18.2 Å². The van der Waals surface area contributed by atoms with Gasteiger partial charge in [0.25, 0.3) is 5.79 Å². The highest BCUT2D eigenvalue weighted by atomic mass is 16.7. The zero-order valence-electron chi connectivity index (χ0n) is 8.53. The van der Waals surface area contributed by atoms with Crippen LogP contribution in [-0.2, 0) is 0 Å². The highest BCUT2D eigenvalue weighted by molar-refractivity contribution is 5.47. The minimum absolute atomic E-state index is 0.227. The summed E-state index contributed by atoms with van der Waals surface area (Å²) in [5.74, 6) is 1.23. The van der Waals surface area contributed by atoms with Gasteiger partial charge in [-0.3, -0.25) is 0 Å². The maximum absolute atomic E-state index is 9.35. The first-order chi connectivity index (χ1) is 7.27. The normalized spacial score (nSPS) is 21.9. The number of ether oxygens (including phenoxy) is 2. The monoisotopic (exact) mass is 206 g/mol. The summed E-state index contributed by atoms with van der Waals surface area (Å²) in [6, 6.07) is 5.02. The summed E-state index contributed by atoms with van der Waals surface area (Å²) >= 11 is 0. The van der Waals surface area contributed by atoms with Gasteiger partial charge in [0.05, 0.1) is 0 Å². The van der Waals surface area contributed by atoms with Gasteiger partial charge in [-0.2, -0.15) is 0 Å². The van der Waals surface area contributed by atoms with Crippen molar-refractivity contribution in [2.75, 3.05) is 0 Å². The molecular formula is C12H14O3. The van der Waals surface area contributed by atoms with Crippen molar-refractivity contribution >= 4 is 0 Å². The molecule has 0 unspecified atom stereocenters. The highest BCUT2D eigenvalue weighted by Gasteiger charge is 2.42. The standard InChI is InChI=1S/C12H14O3/c13-9-4-5-10-11(8-9)15-12(14-10)6-2-1-3-7-12/h4-5,8,13H,1-3,6-7H2. The summed E-state index contributed by atoms with van der Waals surface area (Å²) in [7, 11) is 0. The van der Waals surface area contributed by atoms with Gasteiger partial charge in [0.2, 0.25) is 0 Å². The van der Waals surface area contributed by atoms with Gasteiger partial charge in [0.15, 0.2) is 11.5 Å². The van der Waals surface area contributed by atoms with Crippen LogP contribution in [-0.4, -0.2) is 10.9 Å². The van der Waals surface area contributed by atoms with E-state index in [2.05, 4.69) is 0 Å². The largest absolute Gasteiger partial charge is 0.508 e. The Labute approximate surface area is 88.6 Å². The molecule has 0 aromatic heterocycles. The van der Waals surface area contributed by atoms with Crippen LogP contribution in [0.1, 0.15) is 32.1 Å². The van der Waals surface area contributed by atoms with Crippen LogP contribution in [0.2, 0.25) is 0 Å². The number of benzene rings is 1. The molecule has 3 nitrogen and oxygen atoms in total. The fourth-order valence-electron chi connectivity index (χ4n) is 2.38. The average molecular weight is 206 g/mol. The molecule has 1 aromatic rings. The highest BCUT2D eigenvalue weighted by Crippen LogP contribution is 2.46. The Morgan fingerprint density at radius 3 is 2.53 bits per heavy atom. The van der Waals surface area contributed by atoms with Gasteiger partial charge >= 0.3 is 0 Å². The van der Waals surface area contributed by atoms with E-state index in [-0.39, 0.29) is 5.75 Å². The maximum Gasteiger partial charge on any atom is 0.251 e. The Kier molecular flexibility index (Phi) is 1.81. The van der Waals surface area contributed by atoms with Crippen LogP contribution < -0.4 is 9.47 Å². The molecular weight excluding hydrogens is 192 g/mol. The zero-order valence-corrected chi connectivity index (χ0v) is 8.53. The number of fused-ring (bicyclic) bond motifs is 1. The molecule has 0 atom stereocenters. The summed E-state index contributed by atoms with van der Waals surface area (Å²) in [4.78, 5) is 0. The number of hydrogen-bond donors (Lipinski definition) is 1. The second kappa shape index (κ2) is 3.05. The minimum Gasteiger partial charge on any atom is -0.508 e. The van der Waals surface area contributed by atoms with Gasteiger partial charge in [-0.05, 0) is 25.0 Å². The predicted molar refractivity (Wildman–Crippen MR) is 55.2 cm³/mol. The Morgan fingerprint density at radius 2 is 1.73 bits per heavy atom. The second-order valence-electron chi connectivity index (χ2n) is 4.31. The lowest BCUT2D eigenvalue weighted by molar-refractivity contribution is -0.105. The zero-order chi connectivity index (χ0) is 10.3. The average Bonchev–Trinajstić information content (AvgIpc) is 2.56. The molecule has 3 rings (SSSR count). The summed E-state index contributed by atoms with van der Waals surface area (Å²) in [5.41, 5.74) is 0. The van der Waals surface area contributed by atoms with Crippen LogP contribution in [0.15, 0.2) is 18.2 Å². The first-order valence-electron chi connectivity index (χ1n) is 5.49. The number of phenols is 1. The predicted octanol–water partition coefficient (Wildman–Crippen LogP) is 2.82. The van der Waals surface area contributed by atoms with E-state index in [0.29, 0.717) is 5.75 Å². The minimum atomic E-state index is -0.436. The number of rotatable bonds is 0. The lowest BCUT2D eigenvalue weighted by Crippen LogP contribution is -2.40. The van der Waals surface area contributed by atoms with Crippen LogP contribution in [0.3, 0.4) is 0 Å². The topological polar surface area (TPSA) is 38.7 Å². The van der Waals surface area contributed by atoms with Crippen molar-refractivity contribution in [3.8, 4) is 17.2 Å². The molecule has 0 saturated heterocycles. The van der Waals surface area contributed by atoms with Crippen molar-refractivity contribution in [1.29, 1.82) is 0 Å². The molecule has 0 amide bonds. The Balaban J connectivity index is 1.90. The van der Waals surface area contributed by atoms with Crippen molar-refractivity contribution < 1.29 is 14.6 Å². The molecule has 2 aliphatic rings. The summed E-state index contributed by atoms with van der Waals surface area (Å²) < 4.78 is 11.7. The van der Waals surface area contributed by atoms with E-state index in [1.807, 2.05) is 0 Å². The Morgan fingerprint density at radius 1 is 1.00 bits per heavy atom. The molecule has 1 aliphatic heterocycles. The van der Waals surface area contributed by atoms with Gasteiger partial charge < -0.3 is 14.6 Å². The molecule has 3 heteroatoms. The maximum atomic E-state index is 9.35. The molecule has 15 heavy (non-hydrogen) atoms. The third kappa shape index (κ3) is 1.42. The second-order valence-corrected chi connectivity index (χ2v) is 4.31. The van der Waals surface area contributed by atoms with Crippen molar-refractivity contribution in [3.05, 3.63) is 18.2 Å². The lowest BCUT2D eigenvalue weighted by atomic mass is 9.94. The molecule has 1 fully saturated rings.